The molecule has 6 nitrogen and oxygen atoms in total. The number of benzene rings is 2. The highest BCUT2D eigenvalue weighted by atomic mass is 79.9. The van der Waals surface area contributed by atoms with Gasteiger partial charge in [0.2, 0.25) is 5.91 Å². The van der Waals surface area contributed by atoms with Crippen molar-refractivity contribution in [2.45, 2.75) is 13.5 Å². The third-order valence-corrected chi connectivity index (χ3v) is 4.60. The predicted octanol–water partition coefficient (Wildman–Crippen LogP) is 2.41. The van der Waals surface area contributed by atoms with Crippen molar-refractivity contribution < 1.29 is 4.79 Å². The molecule has 0 saturated heterocycles. The molecule has 0 aliphatic rings. The zero-order valence-corrected chi connectivity index (χ0v) is 15.3. The Morgan fingerprint density at radius 1 is 1.16 bits per heavy atom. The van der Waals surface area contributed by atoms with E-state index in [-0.39, 0.29) is 18.0 Å². The van der Waals surface area contributed by atoms with Gasteiger partial charge in [-0.2, -0.15) is 0 Å². The fraction of sp³-hybridized carbons (Fsp3) is 0.167. The number of fused-ring (bicyclic) bond motifs is 1. The third-order valence-electron chi connectivity index (χ3n) is 3.95. The van der Waals surface area contributed by atoms with E-state index in [1.54, 1.807) is 30.3 Å². The summed E-state index contributed by atoms with van der Waals surface area (Å²) in [5, 5.41) is 3.18. The Hall–Kier alpha value is -2.67. The molecule has 0 radical (unpaired) electrons. The molecule has 1 heterocycles. The number of nitrogens with one attached hydrogen (secondary N) is 1. The first kappa shape index (κ1) is 17.2. The van der Waals surface area contributed by atoms with E-state index < -0.39 is 5.69 Å². The maximum absolute atomic E-state index is 12.4. The van der Waals surface area contributed by atoms with Gasteiger partial charge < -0.3 is 5.32 Å². The second-order valence-corrected chi connectivity index (χ2v) is 6.64. The molecular weight excluding hydrogens is 386 g/mol. The Morgan fingerprint density at radius 2 is 1.88 bits per heavy atom. The number of carbonyl (C=O) groups excluding carboxylic acids is 1. The summed E-state index contributed by atoms with van der Waals surface area (Å²) >= 11 is 3.41. The first-order valence-electron chi connectivity index (χ1n) is 7.63. The Bertz CT molecular complexity index is 1100. The molecule has 0 atom stereocenters. The highest BCUT2D eigenvalue weighted by Crippen LogP contribution is 2.23. The first-order valence-corrected chi connectivity index (χ1v) is 8.42. The van der Waals surface area contributed by atoms with Crippen LogP contribution in [0.1, 0.15) is 5.56 Å². The van der Waals surface area contributed by atoms with Crippen molar-refractivity contribution in [2.75, 3.05) is 5.32 Å². The Labute approximate surface area is 151 Å². The Kier molecular flexibility index (Phi) is 4.59. The number of rotatable bonds is 3. The zero-order valence-electron chi connectivity index (χ0n) is 13.7. The molecular formula is C18H16BrN3O3. The monoisotopic (exact) mass is 401 g/mol. The molecule has 1 N–H and O–H groups in total. The van der Waals surface area contributed by atoms with Gasteiger partial charge in [0.1, 0.15) is 6.54 Å². The van der Waals surface area contributed by atoms with Gasteiger partial charge >= 0.3 is 5.69 Å². The Balaban J connectivity index is 1.99. The molecule has 0 unspecified atom stereocenters. The van der Waals surface area contributed by atoms with Crippen LogP contribution in [0.4, 0.5) is 5.69 Å². The Morgan fingerprint density at radius 3 is 2.60 bits per heavy atom. The molecule has 0 aliphatic carbocycles. The summed E-state index contributed by atoms with van der Waals surface area (Å²) in [6.45, 7) is 1.76. The topological polar surface area (TPSA) is 73.1 Å². The smallest absolute Gasteiger partial charge is 0.324 e. The number of aryl methyl sites for hydroxylation is 1. The van der Waals surface area contributed by atoms with E-state index in [9.17, 15) is 14.4 Å². The number of hydrogen-bond donors (Lipinski definition) is 1. The standard InChI is InChI=1S/C18H16BrN3O3/c1-11-7-8-14(13(19)9-11)20-16(23)10-22-15-6-4-3-5-12(15)17(24)21(2)18(22)25/h3-9H,10H2,1-2H3,(H,20,23). The summed E-state index contributed by atoms with van der Waals surface area (Å²) in [4.78, 5) is 37.1. The highest BCUT2D eigenvalue weighted by Gasteiger charge is 2.14. The van der Waals surface area contributed by atoms with Crippen LogP contribution in [0.15, 0.2) is 56.5 Å². The maximum Gasteiger partial charge on any atom is 0.331 e. The highest BCUT2D eigenvalue weighted by molar-refractivity contribution is 9.10. The molecule has 0 saturated carbocycles. The van der Waals surface area contributed by atoms with E-state index in [0.717, 1.165) is 14.6 Å². The minimum atomic E-state index is -0.526. The number of carbonyl (C=O) groups is 1. The van der Waals surface area contributed by atoms with E-state index in [0.29, 0.717) is 16.6 Å². The number of para-hydroxylation sites is 1. The SMILES string of the molecule is Cc1ccc(NC(=O)Cn2c(=O)n(C)c(=O)c3ccccc32)c(Br)c1. The van der Waals surface area contributed by atoms with Crippen molar-refractivity contribution >= 4 is 38.4 Å². The van der Waals surface area contributed by atoms with Gasteiger partial charge in [0, 0.05) is 11.5 Å². The maximum atomic E-state index is 12.4. The van der Waals surface area contributed by atoms with E-state index in [1.165, 1.54) is 11.6 Å². The van der Waals surface area contributed by atoms with Crippen LogP contribution in [0.3, 0.4) is 0 Å². The lowest BCUT2D eigenvalue weighted by Crippen LogP contribution is -2.40. The summed E-state index contributed by atoms with van der Waals surface area (Å²) in [6.07, 6.45) is 0. The lowest BCUT2D eigenvalue weighted by atomic mass is 10.2. The average Bonchev–Trinajstić information content (AvgIpc) is 2.59. The molecule has 7 heteroatoms. The van der Waals surface area contributed by atoms with Crippen LogP contribution in [0.5, 0.6) is 0 Å². The molecule has 0 fully saturated rings. The number of anilines is 1. The van der Waals surface area contributed by atoms with Gasteiger partial charge in [0.25, 0.3) is 5.56 Å². The molecule has 1 aromatic heterocycles. The lowest BCUT2D eigenvalue weighted by Gasteiger charge is -2.13. The van der Waals surface area contributed by atoms with Crippen molar-refractivity contribution in [3.05, 3.63) is 73.3 Å². The molecule has 25 heavy (non-hydrogen) atoms. The molecule has 0 aliphatic heterocycles. The molecule has 3 rings (SSSR count). The molecule has 128 valence electrons. The molecule has 2 aromatic carbocycles. The van der Waals surface area contributed by atoms with Crippen molar-refractivity contribution in [3.8, 4) is 0 Å². The quantitative estimate of drug-likeness (QED) is 0.732. The summed E-state index contributed by atoms with van der Waals surface area (Å²) in [5.74, 6) is -0.351. The predicted molar refractivity (Wildman–Crippen MR) is 101 cm³/mol. The third kappa shape index (κ3) is 3.28. The molecule has 0 spiro atoms. The fourth-order valence-electron chi connectivity index (χ4n) is 2.65. The van der Waals surface area contributed by atoms with Gasteiger partial charge in [0.05, 0.1) is 16.6 Å². The zero-order chi connectivity index (χ0) is 18.1. The summed E-state index contributed by atoms with van der Waals surface area (Å²) in [5.41, 5.74) is 1.22. The number of halogens is 1. The van der Waals surface area contributed by atoms with Crippen molar-refractivity contribution in [3.63, 3.8) is 0 Å². The van der Waals surface area contributed by atoms with Crippen LogP contribution in [0, 0.1) is 6.92 Å². The minimum Gasteiger partial charge on any atom is -0.324 e. The summed E-state index contributed by atoms with van der Waals surface area (Å²) < 4.78 is 3.07. The minimum absolute atomic E-state index is 0.187. The van der Waals surface area contributed by atoms with E-state index >= 15 is 0 Å². The second-order valence-electron chi connectivity index (χ2n) is 5.78. The molecule has 0 bridgehead atoms. The molecule has 3 aromatic rings. The first-order chi connectivity index (χ1) is 11.9. The normalized spacial score (nSPS) is 10.8. The lowest BCUT2D eigenvalue weighted by molar-refractivity contribution is -0.116. The van der Waals surface area contributed by atoms with Gasteiger partial charge in [-0.3, -0.25) is 18.7 Å². The van der Waals surface area contributed by atoms with Crippen LogP contribution >= 0.6 is 15.9 Å². The van der Waals surface area contributed by atoms with Gasteiger partial charge in [-0.05, 0) is 52.7 Å². The number of nitrogens with zero attached hydrogens (tertiary/aromatic N) is 2. The fourth-order valence-corrected chi connectivity index (χ4v) is 3.24. The van der Waals surface area contributed by atoms with Crippen molar-refractivity contribution in [1.82, 2.24) is 9.13 Å². The van der Waals surface area contributed by atoms with Gasteiger partial charge in [-0.1, -0.05) is 18.2 Å². The van der Waals surface area contributed by atoms with Gasteiger partial charge in [0.15, 0.2) is 0 Å². The van der Waals surface area contributed by atoms with Crippen LogP contribution in [0.2, 0.25) is 0 Å². The van der Waals surface area contributed by atoms with Crippen molar-refractivity contribution in [2.24, 2.45) is 7.05 Å². The summed E-state index contributed by atoms with van der Waals surface area (Å²) in [7, 11) is 1.40. The summed E-state index contributed by atoms with van der Waals surface area (Å²) in [6, 6.07) is 12.3. The van der Waals surface area contributed by atoms with Gasteiger partial charge in [-0.15, -0.1) is 0 Å². The van der Waals surface area contributed by atoms with E-state index in [2.05, 4.69) is 21.2 Å². The van der Waals surface area contributed by atoms with E-state index in [4.69, 9.17) is 0 Å². The number of amides is 1. The second kappa shape index (κ2) is 6.68. The van der Waals surface area contributed by atoms with Crippen LogP contribution in [-0.2, 0) is 18.4 Å². The van der Waals surface area contributed by atoms with Crippen LogP contribution < -0.4 is 16.6 Å². The van der Waals surface area contributed by atoms with Crippen molar-refractivity contribution in [1.29, 1.82) is 0 Å². The average molecular weight is 402 g/mol. The molecule has 1 amide bonds. The van der Waals surface area contributed by atoms with Crippen LogP contribution in [-0.4, -0.2) is 15.0 Å². The van der Waals surface area contributed by atoms with Gasteiger partial charge in [-0.25, -0.2) is 4.79 Å². The largest absolute Gasteiger partial charge is 0.331 e. The number of hydrogen-bond acceptors (Lipinski definition) is 3. The van der Waals surface area contributed by atoms with Crippen LogP contribution in [0.25, 0.3) is 10.9 Å². The van der Waals surface area contributed by atoms with E-state index in [1.807, 2.05) is 19.1 Å². The number of aromatic nitrogens is 2.